The fraction of sp³-hybridized carbons (Fsp3) is 0.133. The summed E-state index contributed by atoms with van der Waals surface area (Å²) in [6.07, 6.45) is 7.01. The lowest BCUT2D eigenvalue weighted by Crippen LogP contribution is -2.13. The van der Waals surface area contributed by atoms with Crippen molar-refractivity contribution in [1.29, 1.82) is 0 Å². The van der Waals surface area contributed by atoms with Crippen LogP contribution in [0.5, 0.6) is 0 Å². The van der Waals surface area contributed by atoms with Crippen molar-refractivity contribution in [1.82, 2.24) is 19.7 Å². The third-order valence-corrected chi connectivity index (χ3v) is 6.62. The maximum Gasteiger partial charge on any atom is 0.260 e. The molecule has 1 amide bonds. The summed E-state index contributed by atoms with van der Waals surface area (Å²) in [5.41, 5.74) is 6.09. The number of Topliss-reactive ketones (excluding diaryl/α,β-unsaturated/α-hetero) is 1. The van der Waals surface area contributed by atoms with Crippen LogP contribution < -0.4 is 10.6 Å². The predicted molar refractivity (Wildman–Crippen MR) is 147 cm³/mol. The molecule has 0 aliphatic heterocycles. The molecule has 38 heavy (non-hydrogen) atoms. The number of hydrogen-bond donors (Lipinski definition) is 3. The van der Waals surface area contributed by atoms with E-state index in [0.717, 1.165) is 35.5 Å². The smallest absolute Gasteiger partial charge is 0.260 e. The Labute approximate surface area is 219 Å². The molecule has 8 heteroatoms. The fourth-order valence-electron chi connectivity index (χ4n) is 4.81. The summed E-state index contributed by atoms with van der Waals surface area (Å²) in [7, 11) is 0. The first kappa shape index (κ1) is 23.4. The number of pyridine rings is 1. The molecule has 0 radical (unpaired) electrons. The summed E-state index contributed by atoms with van der Waals surface area (Å²) in [6, 6.07) is 23.4. The van der Waals surface area contributed by atoms with Crippen molar-refractivity contribution >= 4 is 28.9 Å². The lowest BCUT2D eigenvalue weighted by atomic mass is 9.95. The number of para-hydroxylation sites is 1. The second-order valence-corrected chi connectivity index (χ2v) is 9.26. The maximum absolute atomic E-state index is 13.2. The number of amides is 1. The van der Waals surface area contributed by atoms with Crippen LogP contribution in [0.25, 0.3) is 11.3 Å². The number of carbonyl (C=O) groups is 2. The third-order valence-electron chi connectivity index (χ3n) is 6.62. The first-order valence-electron chi connectivity index (χ1n) is 12.6. The number of aryl methyl sites for hydroxylation is 1. The molecule has 0 atom stereocenters. The molecule has 3 heterocycles. The zero-order chi connectivity index (χ0) is 25.9. The van der Waals surface area contributed by atoms with Crippen molar-refractivity contribution in [2.24, 2.45) is 0 Å². The Kier molecular flexibility index (Phi) is 6.27. The minimum atomic E-state index is -0.311. The highest BCUT2D eigenvalue weighted by atomic mass is 16.1. The molecule has 3 N–H and O–H groups in total. The highest BCUT2D eigenvalue weighted by Gasteiger charge is 2.28. The monoisotopic (exact) mass is 502 g/mol. The normalized spacial score (nSPS) is 12.7. The molecule has 188 valence electrons. The average molecular weight is 503 g/mol. The Balaban J connectivity index is 1.32. The predicted octanol–water partition coefficient (Wildman–Crippen LogP) is 5.84. The molecule has 0 fully saturated rings. The lowest BCUT2D eigenvalue weighted by molar-refractivity contribution is 0.0972. The van der Waals surface area contributed by atoms with E-state index in [4.69, 9.17) is 0 Å². The summed E-state index contributed by atoms with van der Waals surface area (Å²) < 4.78 is 1.73. The van der Waals surface area contributed by atoms with Crippen molar-refractivity contribution < 1.29 is 9.59 Å². The van der Waals surface area contributed by atoms with Crippen LogP contribution in [0.3, 0.4) is 0 Å². The van der Waals surface area contributed by atoms with Crippen LogP contribution in [0, 0.1) is 0 Å². The summed E-state index contributed by atoms with van der Waals surface area (Å²) in [5.74, 6) is 0.192. The van der Waals surface area contributed by atoms with Gasteiger partial charge in [-0.2, -0.15) is 5.10 Å². The largest absolute Gasteiger partial charge is 0.356 e. The van der Waals surface area contributed by atoms with Crippen LogP contribution in [0.15, 0.2) is 91.4 Å². The Hall–Kier alpha value is -4.98. The van der Waals surface area contributed by atoms with Gasteiger partial charge in [0.25, 0.3) is 5.91 Å². The van der Waals surface area contributed by atoms with E-state index < -0.39 is 0 Å². The van der Waals surface area contributed by atoms with Crippen molar-refractivity contribution in [3.63, 3.8) is 0 Å². The quantitative estimate of drug-likeness (QED) is 0.259. The van der Waals surface area contributed by atoms with Gasteiger partial charge in [0.2, 0.25) is 0 Å². The fourth-order valence-corrected chi connectivity index (χ4v) is 4.81. The van der Waals surface area contributed by atoms with Gasteiger partial charge in [0.05, 0.1) is 35.2 Å². The van der Waals surface area contributed by atoms with E-state index in [9.17, 15) is 9.59 Å². The minimum absolute atomic E-state index is 0.104. The highest BCUT2D eigenvalue weighted by Crippen LogP contribution is 2.40. The molecule has 1 aliphatic rings. The molecular weight excluding hydrogens is 476 g/mol. The van der Waals surface area contributed by atoms with Gasteiger partial charge in [-0.05, 0) is 42.7 Å². The van der Waals surface area contributed by atoms with Gasteiger partial charge in [-0.1, -0.05) is 48.5 Å². The SMILES string of the molecule is O=C(Nc1ncccc1-c1[nH]c2c(c1Nc1ccccc1)C(=O)CCC2)c1cnn(Cc2ccccc2)c1. The van der Waals surface area contributed by atoms with Crippen LogP contribution in [0.1, 0.15) is 44.8 Å². The second kappa shape index (κ2) is 10.2. The van der Waals surface area contributed by atoms with Gasteiger partial charge in [-0.15, -0.1) is 0 Å². The highest BCUT2D eigenvalue weighted by molar-refractivity contribution is 6.09. The Morgan fingerprint density at radius 2 is 1.76 bits per heavy atom. The van der Waals surface area contributed by atoms with Crippen LogP contribution in [0.4, 0.5) is 17.2 Å². The molecule has 0 saturated carbocycles. The molecule has 1 aliphatic carbocycles. The van der Waals surface area contributed by atoms with Crippen molar-refractivity contribution in [3.8, 4) is 11.3 Å². The van der Waals surface area contributed by atoms with Crippen molar-refractivity contribution in [2.45, 2.75) is 25.8 Å². The number of nitrogens with one attached hydrogen (secondary N) is 3. The lowest BCUT2D eigenvalue weighted by Gasteiger charge is -2.14. The number of nitrogens with zero attached hydrogens (tertiary/aromatic N) is 3. The molecule has 5 aromatic rings. The van der Waals surface area contributed by atoms with E-state index in [-0.39, 0.29) is 11.7 Å². The molecule has 0 spiro atoms. The van der Waals surface area contributed by atoms with Crippen LogP contribution in [0.2, 0.25) is 0 Å². The van der Waals surface area contributed by atoms with Gasteiger partial charge in [-0.3, -0.25) is 14.3 Å². The molecular formula is C30H26N6O2. The number of benzene rings is 2. The average Bonchev–Trinajstić information content (AvgIpc) is 3.56. The number of carbonyl (C=O) groups excluding carboxylic acids is 2. The van der Waals surface area contributed by atoms with Gasteiger partial charge in [-0.25, -0.2) is 4.98 Å². The summed E-state index contributed by atoms with van der Waals surface area (Å²) >= 11 is 0. The number of ketones is 1. The molecule has 0 unspecified atom stereocenters. The first-order valence-corrected chi connectivity index (χ1v) is 12.6. The van der Waals surface area contributed by atoms with Crippen LogP contribution >= 0.6 is 0 Å². The summed E-state index contributed by atoms with van der Waals surface area (Å²) in [4.78, 5) is 34.1. The summed E-state index contributed by atoms with van der Waals surface area (Å²) in [5, 5.41) is 10.7. The number of hydrogen-bond acceptors (Lipinski definition) is 5. The zero-order valence-corrected chi connectivity index (χ0v) is 20.6. The zero-order valence-electron chi connectivity index (χ0n) is 20.6. The number of rotatable bonds is 7. The van der Waals surface area contributed by atoms with E-state index in [1.54, 1.807) is 23.3 Å². The number of anilines is 3. The summed E-state index contributed by atoms with van der Waals surface area (Å²) in [6.45, 7) is 0.569. The number of H-pyrrole nitrogens is 1. The van der Waals surface area contributed by atoms with Crippen LogP contribution in [-0.2, 0) is 13.0 Å². The Bertz CT molecular complexity index is 1600. The number of aromatic nitrogens is 4. The molecule has 6 rings (SSSR count). The molecule has 8 nitrogen and oxygen atoms in total. The Morgan fingerprint density at radius 1 is 0.974 bits per heavy atom. The topological polar surface area (TPSA) is 105 Å². The number of fused-ring (bicyclic) bond motifs is 1. The third kappa shape index (κ3) is 4.71. The minimum Gasteiger partial charge on any atom is -0.356 e. The van der Waals surface area contributed by atoms with Gasteiger partial charge in [0.15, 0.2) is 5.78 Å². The molecule has 2 aromatic carbocycles. The maximum atomic E-state index is 13.2. The molecule has 3 aromatic heterocycles. The van der Waals surface area contributed by atoms with E-state index in [0.29, 0.717) is 41.2 Å². The van der Waals surface area contributed by atoms with E-state index in [1.807, 2.05) is 72.8 Å². The second-order valence-electron chi connectivity index (χ2n) is 9.26. The standard InChI is InChI=1S/C30H26N6O2/c37-25-15-7-14-24-26(25)28(33-22-11-5-2-6-12-22)27(34-24)23-13-8-16-31-29(23)35-30(38)21-17-32-36(19-21)18-20-9-3-1-4-10-20/h1-6,8-13,16-17,19,33-34H,7,14-15,18H2,(H,31,35,38). The van der Waals surface area contributed by atoms with Crippen molar-refractivity contribution in [3.05, 3.63) is 114 Å². The molecule has 0 bridgehead atoms. The van der Waals surface area contributed by atoms with E-state index in [1.165, 1.54) is 0 Å². The first-order chi connectivity index (χ1) is 18.7. The Morgan fingerprint density at radius 3 is 2.58 bits per heavy atom. The van der Waals surface area contributed by atoms with Gasteiger partial charge >= 0.3 is 0 Å². The van der Waals surface area contributed by atoms with Gasteiger partial charge < -0.3 is 15.6 Å². The van der Waals surface area contributed by atoms with Crippen molar-refractivity contribution in [2.75, 3.05) is 10.6 Å². The molecule has 0 saturated heterocycles. The number of aromatic amines is 1. The van der Waals surface area contributed by atoms with Gasteiger partial charge in [0, 0.05) is 35.8 Å². The van der Waals surface area contributed by atoms with Crippen LogP contribution in [-0.4, -0.2) is 31.4 Å². The van der Waals surface area contributed by atoms with E-state index in [2.05, 4.69) is 25.7 Å². The van der Waals surface area contributed by atoms with Gasteiger partial charge in [0.1, 0.15) is 5.82 Å². The van der Waals surface area contributed by atoms with E-state index >= 15 is 0 Å².